The van der Waals surface area contributed by atoms with E-state index in [0.29, 0.717) is 32.8 Å². The minimum Gasteiger partial charge on any atom is -0.396 e. The van der Waals surface area contributed by atoms with Gasteiger partial charge in [-0.15, -0.1) is 26.3 Å². The van der Waals surface area contributed by atoms with Gasteiger partial charge in [0.2, 0.25) is 0 Å². The van der Waals surface area contributed by atoms with Gasteiger partial charge in [-0.05, 0) is 6.42 Å². The maximum Gasteiger partial charge on any atom is 0.0649 e. The van der Waals surface area contributed by atoms with E-state index in [1.54, 1.807) is 24.3 Å². The van der Waals surface area contributed by atoms with E-state index >= 15 is 0 Å². The Kier molecular flexibility index (Phi) is 35.0. The molecule has 192 valence electrons. The molecule has 0 aromatic carbocycles. The molecule has 0 unspecified atom stereocenters. The van der Waals surface area contributed by atoms with Crippen molar-refractivity contribution >= 4 is 0 Å². The molecule has 0 heterocycles. The van der Waals surface area contributed by atoms with Crippen LogP contribution in [-0.2, 0) is 9.47 Å². The van der Waals surface area contributed by atoms with Crippen LogP contribution in [0.5, 0.6) is 0 Å². The number of aliphatic hydroxyl groups excluding tert-OH is 7. The predicted octanol–water partition coefficient (Wildman–Crippen LogP) is 0.0517. The van der Waals surface area contributed by atoms with Crippen molar-refractivity contribution in [3.63, 3.8) is 0 Å². The van der Waals surface area contributed by atoms with Crippen molar-refractivity contribution < 1.29 is 45.2 Å². The maximum absolute atomic E-state index is 8.66. The summed E-state index contributed by atoms with van der Waals surface area (Å²) in [6.45, 7) is 16.1. The van der Waals surface area contributed by atoms with E-state index in [-0.39, 0.29) is 19.8 Å². The topological polar surface area (TPSA) is 160 Å². The Morgan fingerprint density at radius 1 is 0.500 bits per heavy atom. The quantitative estimate of drug-likeness (QED) is 0.123. The number of aliphatic hydroxyl groups is 7. The Morgan fingerprint density at radius 3 is 0.781 bits per heavy atom. The van der Waals surface area contributed by atoms with Crippen LogP contribution in [0.2, 0.25) is 0 Å². The number of hydrogen-bond donors (Lipinski definition) is 7. The molecule has 9 heteroatoms. The van der Waals surface area contributed by atoms with Crippen LogP contribution in [0.4, 0.5) is 0 Å². The molecule has 0 aliphatic heterocycles. The Labute approximate surface area is 193 Å². The fourth-order valence-electron chi connectivity index (χ4n) is 1.25. The first kappa shape index (κ1) is 37.9. The van der Waals surface area contributed by atoms with Gasteiger partial charge in [-0.3, -0.25) is 0 Å². The Balaban J connectivity index is -0.000000165. The lowest BCUT2D eigenvalue weighted by Gasteiger charge is -2.24. The summed E-state index contributed by atoms with van der Waals surface area (Å²) in [5.41, 5.74) is -1.78. The smallest absolute Gasteiger partial charge is 0.0649 e. The minimum atomic E-state index is -1.11. The lowest BCUT2D eigenvalue weighted by atomic mass is 9.88. The van der Waals surface area contributed by atoms with Gasteiger partial charge in [0.15, 0.2) is 0 Å². The molecular weight excluding hydrogens is 420 g/mol. The number of hydrogen-bond acceptors (Lipinski definition) is 9. The van der Waals surface area contributed by atoms with Crippen molar-refractivity contribution in [1.29, 1.82) is 0 Å². The van der Waals surface area contributed by atoms with Gasteiger partial charge >= 0.3 is 0 Å². The first-order chi connectivity index (χ1) is 15.3. The Hall–Kier alpha value is -1.40. The average Bonchev–Trinajstić information content (AvgIpc) is 2.85. The normalized spacial score (nSPS) is 10.2. The highest BCUT2D eigenvalue weighted by Gasteiger charge is 2.26. The summed E-state index contributed by atoms with van der Waals surface area (Å²) in [5.74, 6) is 0. The molecule has 32 heavy (non-hydrogen) atoms. The van der Waals surface area contributed by atoms with Crippen molar-refractivity contribution in [3.8, 4) is 0 Å². The van der Waals surface area contributed by atoms with E-state index in [1.807, 2.05) is 6.92 Å². The van der Waals surface area contributed by atoms with Crippen molar-refractivity contribution in [2.24, 2.45) is 10.8 Å². The van der Waals surface area contributed by atoms with Crippen molar-refractivity contribution in [2.45, 2.75) is 13.3 Å². The van der Waals surface area contributed by atoms with Gasteiger partial charge in [-0.2, -0.15) is 0 Å². The summed E-state index contributed by atoms with van der Waals surface area (Å²) < 4.78 is 9.79. The molecule has 0 atom stereocenters. The molecule has 9 nitrogen and oxygen atoms in total. The molecule has 0 saturated carbocycles. The van der Waals surface area contributed by atoms with Gasteiger partial charge in [-0.1, -0.05) is 31.2 Å². The summed E-state index contributed by atoms with van der Waals surface area (Å²) in [5, 5.41) is 60.0. The molecule has 0 rings (SSSR count). The van der Waals surface area contributed by atoms with Crippen LogP contribution in [0.25, 0.3) is 0 Å². The third-order valence-corrected chi connectivity index (χ3v) is 4.04. The van der Waals surface area contributed by atoms with Crippen LogP contribution >= 0.6 is 0 Å². The van der Waals surface area contributed by atoms with Gasteiger partial charge < -0.3 is 45.2 Å². The van der Waals surface area contributed by atoms with Gasteiger partial charge in [0.05, 0.1) is 78.1 Å². The molecule has 0 saturated heterocycles. The van der Waals surface area contributed by atoms with E-state index in [2.05, 4.69) is 26.3 Å². The SMILES string of the molecule is C=CCOCC=C.C=CCOCC=C.CCC(CO)(CO)CO.OCC(CO)(CO)CO. The molecule has 0 amide bonds. The zero-order valence-corrected chi connectivity index (χ0v) is 19.6. The minimum absolute atomic E-state index is 0.156. The molecule has 0 bridgehead atoms. The monoisotopic (exact) mass is 466 g/mol. The van der Waals surface area contributed by atoms with Crippen LogP contribution in [0.1, 0.15) is 13.3 Å². The standard InChI is InChI=1S/C6H14O3.2C6H10O.C5H12O4/c1-2-6(3-7,4-8)5-9;2*1-3-5-7-6-4-2;6-1-5(2-7,3-8)4-9/h7-9H,2-5H2,1H3;2*3-4H,1-2,5-6H2;6-9H,1-4H2. The van der Waals surface area contributed by atoms with E-state index in [0.717, 1.165) is 0 Å². The molecular formula is C23H46O9. The Bertz CT molecular complexity index is 317. The largest absolute Gasteiger partial charge is 0.396 e. The van der Waals surface area contributed by atoms with Crippen molar-refractivity contribution in [3.05, 3.63) is 50.6 Å². The first-order valence-electron chi connectivity index (χ1n) is 10.2. The summed E-state index contributed by atoms with van der Waals surface area (Å²) in [7, 11) is 0. The summed E-state index contributed by atoms with van der Waals surface area (Å²) >= 11 is 0. The highest BCUT2D eigenvalue weighted by atomic mass is 16.5. The van der Waals surface area contributed by atoms with Gasteiger partial charge in [0.1, 0.15) is 0 Å². The number of ether oxygens (including phenoxy) is 2. The molecule has 0 spiro atoms. The van der Waals surface area contributed by atoms with Gasteiger partial charge in [-0.25, -0.2) is 0 Å². The lowest BCUT2D eigenvalue weighted by molar-refractivity contribution is -0.0328. The Morgan fingerprint density at radius 2 is 0.719 bits per heavy atom. The van der Waals surface area contributed by atoms with E-state index in [9.17, 15) is 0 Å². The first-order valence-corrected chi connectivity index (χ1v) is 10.2. The van der Waals surface area contributed by atoms with Crippen LogP contribution in [0.15, 0.2) is 50.6 Å². The molecule has 0 radical (unpaired) electrons. The number of rotatable bonds is 16. The van der Waals surface area contributed by atoms with Crippen LogP contribution < -0.4 is 0 Å². The van der Waals surface area contributed by atoms with E-state index in [4.69, 9.17) is 45.2 Å². The second kappa shape index (κ2) is 29.6. The molecule has 0 fully saturated rings. The summed E-state index contributed by atoms with van der Waals surface area (Å²) in [4.78, 5) is 0. The third-order valence-electron chi connectivity index (χ3n) is 4.04. The highest BCUT2D eigenvalue weighted by molar-refractivity contribution is 4.75. The van der Waals surface area contributed by atoms with Crippen LogP contribution in [0, 0.1) is 10.8 Å². The molecule has 0 aromatic heterocycles. The highest BCUT2D eigenvalue weighted by Crippen LogP contribution is 2.18. The molecule has 0 aliphatic carbocycles. The van der Waals surface area contributed by atoms with Crippen molar-refractivity contribution in [1.82, 2.24) is 0 Å². The summed E-state index contributed by atoms with van der Waals surface area (Å²) in [6.07, 6.45) is 7.44. The van der Waals surface area contributed by atoms with Crippen molar-refractivity contribution in [2.75, 3.05) is 72.7 Å². The third kappa shape index (κ3) is 23.3. The maximum atomic E-state index is 8.66. The lowest BCUT2D eigenvalue weighted by Crippen LogP contribution is -2.37. The van der Waals surface area contributed by atoms with Crippen LogP contribution in [-0.4, -0.2) is 108 Å². The zero-order chi connectivity index (χ0) is 25.7. The van der Waals surface area contributed by atoms with Gasteiger partial charge in [0.25, 0.3) is 0 Å². The molecule has 0 aliphatic rings. The zero-order valence-electron chi connectivity index (χ0n) is 19.6. The fraction of sp³-hybridized carbons (Fsp3) is 0.652. The van der Waals surface area contributed by atoms with E-state index < -0.39 is 37.3 Å². The van der Waals surface area contributed by atoms with E-state index in [1.165, 1.54) is 0 Å². The second-order valence-electron chi connectivity index (χ2n) is 6.69. The average molecular weight is 467 g/mol. The fourth-order valence-corrected chi connectivity index (χ4v) is 1.25. The summed E-state index contributed by atoms with van der Waals surface area (Å²) in [6, 6.07) is 0. The molecule has 0 aromatic rings. The van der Waals surface area contributed by atoms with Crippen LogP contribution in [0.3, 0.4) is 0 Å². The predicted molar refractivity (Wildman–Crippen MR) is 127 cm³/mol. The molecule has 7 N–H and O–H groups in total. The second-order valence-corrected chi connectivity index (χ2v) is 6.69. The van der Waals surface area contributed by atoms with Gasteiger partial charge in [0, 0.05) is 5.41 Å².